The van der Waals surface area contributed by atoms with Crippen LogP contribution in [0.3, 0.4) is 0 Å². The molecule has 100 valence electrons. The van der Waals surface area contributed by atoms with Gasteiger partial charge in [0.25, 0.3) is 0 Å². The molecule has 6 nitrogen and oxygen atoms in total. The van der Waals surface area contributed by atoms with Gasteiger partial charge in [0.05, 0.1) is 17.4 Å². The van der Waals surface area contributed by atoms with Crippen LogP contribution in [0.5, 0.6) is 0 Å². The summed E-state index contributed by atoms with van der Waals surface area (Å²) >= 11 is 0. The van der Waals surface area contributed by atoms with Crippen LogP contribution in [-0.4, -0.2) is 42.1 Å². The third kappa shape index (κ3) is 3.80. The van der Waals surface area contributed by atoms with E-state index in [4.69, 9.17) is 5.11 Å². The average molecular weight is 274 g/mol. The Balaban J connectivity index is 3.00. The number of aliphatic hydroxyl groups excluding tert-OH is 2. The number of hydrogen-bond acceptors (Lipinski definition) is 5. The van der Waals surface area contributed by atoms with E-state index in [2.05, 4.69) is 0 Å². The van der Waals surface area contributed by atoms with E-state index in [-0.39, 0.29) is 10.5 Å². The van der Waals surface area contributed by atoms with Crippen molar-refractivity contribution in [2.24, 2.45) is 0 Å². The molecule has 0 aliphatic rings. The number of sulfone groups is 1. The molecule has 0 amide bonds. The molecule has 0 bridgehead atoms. The van der Waals surface area contributed by atoms with Crippen LogP contribution in [0.4, 0.5) is 0 Å². The Bertz CT molecular complexity index is 536. The van der Waals surface area contributed by atoms with Crippen LogP contribution >= 0.6 is 0 Å². The van der Waals surface area contributed by atoms with Gasteiger partial charge in [-0.05, 0) is 17.7 Å². The summed E-state index contributed by atoms with van der Waals surface area (Å²) in [5.74, 6) is -1.25. The van der Waals surface area contributed by atoms with Gasteiger partial charge in [-0.15, -0.1) is 0 Å². The van der Waals surface area contributed by atoms with Crippen LogP contribution in [0.1, 0.15) is 18.1 Å². The highest BCUT2D eigenvalue weighted by Crippen LogP contribution is 2.21. The molecule has 0 aliphatic carbocycles. The Kier molecular flexibility index (Phi) is 4.44. The first-order valence-corrected chi connectivity index (χ1v) is 6.99. The zero-order valence-electron chi connectivity index (χ0n) is 9.65. The minimum absolute atomic E-state index is 0.00146. The number of aliphatic hydroxyl groups is 2. The monoisotopic (exact) mass is 274 g/mol. The molecule has 0 heterocycles. The molecule has 0 aromatic heterocycles. The van der Waals surface area contributed by atoms with Crippen molar-refractivity contribution in [3.05, 3.63) is 29.8 Å². The van der Waals surface area contributed by atoms with Gasteiger partial charge in [0, 0.05) is 6.26 Å². The van der Waals surface area contributed by atoms with Gasteiger partial charge in [0.2, 0.25) is 0 Å². The second-order valence-electron chi connectivity index (χ2n) is 3.95. The van der Waals surface area contributed by atoms with E-state index in [1.807, 2.05) is 0 Å². The molecule has 1 aromatic rings. The number of hydrogen-bond donors (Lipinski definition) is 3. The van der Waals surface area contributed by atoms with Crippen molar-refractivity contribution < 1.29 is 28.5 Å². The molecule has 0 fully saturated rings. The average Bonchev–Trinajstić information content (AvgIpc) is 2.26. The first-order valence-electron chi connectivity index (χ1n) is 5.10. The molecule has 0 saturated carbocycles. The van der Waals surface area contributed by atoms with E-state index < -0.39 is 34.4 Å². The van der Waals surface area contributed by atoms with Gasteiger partial charge in [-0.1, -0.05) is 12.1 Å². The van der Waals surface area contributed by atoms with Crippen molar-refractivity contribution in [1.82, 2.24) is 0 Å². The maximum absolute atomic E-state index is 11.3. The van der Waals surface area contributed by atoms with Crippen molar-refractivity contribution in [1.29, 1.82) is 0 Å². The van der Waals surface area contributed by atoms with Crippen molar-refractivity contribution in [2.45, 2.75) is 23.5 Å². The normalized spacial score (nSPS) is 15.1. The molecular formula is C11H14O6S. The molecule has 7 heteroatoms. The molecule has 2 unspecified atom stereocenters. The number of carbonyl (C=O) groups is 1. The van der Waals surface area contributed by atoms with Crippen LogP contribution < -0.4 is 0 Å². The van der Waals surface area contributed by atoms with Crippen molar-refractivity contribution in [3.63, 3.8) is 0 Å². The van der Waals surface area contributed by atoms with Gasteiger partial charge in [0.1, 0.15) is 6.10 Å². The molecule has 1 rings (SSSR count). The van der Waals surface area contributed by atoms with Gasteiger partial charge in [0.15, 0.2) is 9.84 Å². The standard InChI is InChI=1S/C11H14O6S/c1-18(16,17)8-4-2-3-7(5-8)11(15)9(12)6-10(13)14/h2-5,9,11-12,15H,6H2,1H3,(H,13,14). The topological polar surface area (TPSA) is 112 Å². The van der Waals surface area contributed by atoms with E-state index >= 15 is 0 Å². The first kappa shape index (κ1) is 14.6. The maximum Gasteiger partial charge on any atom is 0.306 e. The number of carboxylic acid groups (broad SMARTS) is 1. The Morgan fingerprint density at radius 2 is 1.94 bits per heavy atom. The Hall–Kier alpha value is -1.44. The highest BCUT2D eigenvalue weighted by molar-refractivity contribution is 7.90. The summed E-state index contributed by atoms with van der Waals surface area (Å²) < 4.78 is 22.6. The minimum atomic E-state index is -3.42. The smallest absolute Gasteiger partial charge is 0.306 e. The molecule has 2 atom stereocenters. The lowest BCUT2D eigenvalue weighted by Crippen LogP contribution is -2.21. The molecule has 1 aromatic carbocycles. The Labute approximate surface area is 104 Å². The van der Waals surface area contributed by atoms with Crippen LogP contribution in [0.2, 0.25) is 0 Å². The minimum Gasteiger partial charge on any atom is -0.481 e. The summed E-state index contributed by atoms with van der Waals surface area (Å²) in [6.45, 7) is 0. The lowest BCUT2D eigenvalue weighted by molar-refractivity contribution is -0.141. The van der Waals surface area contributed by atoms with E-state index in [1.165, 1.54) is 24.3 Å². The third-order valence-electron chi connectivity index (χ3n) is 2.38. The lowest BCUT2D eigenvalue weighted by Gasteiger charge is -2.16. The molecule has 0 aliphatic heterocycles. The summed E-state index contributed by atoms with van der Waals surface area (Å²) in [6.07, 6.45) is -2.53. The molecule has 18 heavy (non-hydrogen) atoms. The lowest BCUT2D eigenvalue weighted by atomic mass is 10.0. The number of rotatable bonds is 5. The van der Waals surface area contributed by atoms with E-state index in [9.17, 15) is 23.4 Å². The largest absolute Gasteiger partial charge is 0.481 e. The number of carboxylic acids is 1. The predicted octanol–water partition coefficient (Wildman–Crippen LogP) is -0.0409. The predicted molar refractivity (Wildman–Crippen MR) is 62.8 cm³/mol. The second kappa shape index (κ2) is 5.47. The quantitative estimate of drug-likeness (QED) is 0.694. The van der Waals surface area contributed by atoms with Gasteiger partial charge >= 0.3 is 5.97 Å². The van der Waals surface area contributed by atoms with Crippen LogP contribution in [-0.2, 0) is 14.6 Å². The fourth-order valence-electron chi connectivity index (χ4n) is 1.44. The van der Waals surface area contributed by atoms with Crippen LogP contribution in [0.25, 0.3) is 0 Å². The van der Waals surface area contributed by atoms with Crippen molar-refractivity contribution in [2.75, 3.05) is 6.26 Å². The second-order valence-corrected chi connectivity index (χ2v) is 5.97. The molecular weight excluding hydrogens is 260 g/mol. The summed E-state index contributed by atoms with van der Waals surface area (Å²) in [6, 6.07) is 5.41. The zero-order chi connectivity index (χ0) is 13.9. The highest BCUT2D eigenvalue weighted by Gasteiger charge is 2.22. The third-order valence-corrected chi connectivity index (χ3v) is 3.49. The number of benzene rings is 1. The maximum atomic E-state index is 11.3. The molecule has 0 radical (unpaired) electrons. The summed E-state index contributed by atoms with van der Waals surface area (Å²) in [5.41, 5.74) is 0.159. The van der Waals surface area contributed by atoms with Gasteiger partial charge in [-0.3, -0.25) is 4.79 Å². The fraction of sp³-hybridized carbons (Fsp3) is 0.364. The SMILES string of the molecule is CS(=O)(=O)c1cccc(C(O)C(O)CC(=O)O)c1. The number of aliphatic carboxylic acids is 1. The zero-order valence-corrected chi connectivity index (χ0v) is 10.5. The fourth-order valence-corrected chi connectivity index (χ4v) is 2.12. The summed E-state index contributed by atoms with van der Waals surface area (Å²) in [4.78, 5) is 10.4. The summed E-state index contributed by atoms with van der Waals surface area (Å²) in [5, 5.41) is 27.7. The first-order chi connectivity index (χ1) is 8.21. The van der Waals surface area contributed by atoms with Crippen LogP contribution in [0, 0.1) is 0 Å². The van der Waals surface area contributed by atoms with E-state index in [0.29, 0.717) is 0 Å². The van der Waals surface area contributed by atoms with Crippen molar-refractivity contribution in [3.8, 4) is 0 Å². The molecule has 0 spiro atoms. The van der Waals surface area contributed by atoms with Gasteiger partial charge in [-0.25, -0.2) is 8.42 Å². The van der Waals surface area contributed by atoms with Gasteiger partial charge in [-0.2, -0.15) is 0 Å². The Morgan fingerprint density at radius 3 is 2.44 bits per heavy atom. The highest BCUT2D eigenvalue weighted by atomic mass is 32.2. The van der Waals surface area contributed by atoms with Gasteiger partial charge < -0.3 is 15.3 Å². The molecule has 3 N–H and O–H groups in total. The van der Waals surface area contributed by atoms with Crippen molar-refractivity contribution >= 4 is 15.8 Å². The van der Waals surface area contributed by atoms with E-state index in [1.54, 1.807) is 0 Å². The molecule has 0 saturated heterocycles. The van der Waals surface area contributed by atoms with Crippen LogP contribution in [0.15, 0.2) is 29.2 Å². The summed E-state index contributed by atoms with van der Waals surface area (Å²) in [7, 11) is -3.42. The van der Waals surface area contributed by atoms with E-state index in [0.717, 1.165) is 6.26 Å². The Morgan fingerprint density at radius 1 is 1.33 bits per heavy atom.